The summed E-state index contributed by atoms with van der Waals surface area (Å²) in [5, 5.41) is 5.43. The van der Waals surface area contributed by atoms with Gasteiger partial charge in [-0.2, -0.15) is 13.2 Å². The van der Waals surface area contributed by atoms with E-state index < -0.39 is 11.7 Å². The average Bonchev–Trinajstić information content (AvgIpc) is 3.16. The van der Waals surface area contributed by atoms with Gasteiger partial charge in [-0.3, -0.25) is 0 Å². The largest absolute Gasteiger partial charge is 0.416 e. The molecular formula is C24H26F3N3. The van der Waals surface area contributed by atoms with E-state index in [1.807, 2.05) is 57.2 Å². The Bertz CT molecular complexity index is 1100. The van der Waals surface area contributed by atoms with E-state index in [2.05, 4.69) is 27.9 Å². The number of aromatic amines is 1. The molecule has 6 heteroatoms. The summed E-state index contributed by atoms with van der Waals surface area (Å²) < 4.78 is 38.3. The van der Waals surface area contributed by atoms with Crippen LogP contribution in [-0.2, 0) is 12.7 Å². The summed E-state index contributed by atoms with van der Waals surface area (Å²) in [7, 11) is 0. The molecule has 0 saturated heterocycles. The molecule has 0 fully saturated rings. The number of H-pyrrole nitrogens is 1. The van der Waals surface area contributed by atoms with E-state index in [0.717, 1.165) is 28.5 Å². The third kappa shape index (κ3) is 5.86. The maximum absolute atomic E-state index is 12.8. The lowest BCUT2D eigenvalue weighted by molar-refractivity contribution is -0.137. The van der Waals surface area contributed by atoms with E-state index in [1.54, 1.807) is 6.08 Å². The van der Waals surface area contributed by atoms with Gasteiger partial charge in [0.2, 0.25) is 5.95 Å². The van der Waals surface area contributed by atoms with Crippen molar-refractivity contribution in [2.45, 2.75) is 33.5 Å². The van der Waals surface area contributed by atoms with Crippen molar-refractivity contribution >= 4 is 27.8 Å². The highest BCUT2D eigenvalue weighted by Crippen LogP contribution is 2.31. The molecule has 0 spiro atoms. The van der Waals surface area contributed by atoms with Crippen LogP contribution in [0.15, 0.2) is 73.3 Å². The molecule has 0 saturated carbocycles. The van der Waals surface area contributed by atoms with Crippen LogP contribution in [0.3, 0.4) is 0 Å². The van der Waals surface area contributed by atoms with Gasteiger partial charge in [0.15, 0.2) is 0 Å². The predicted octanol–water partition coefficient (Wildman–Crippen LogP) is 7.57. The molecule has 0 aliphatic heterocycles. The van der Waals surface area contributed by atoms with E-state index in [4.69, 9.17) is 0 Å². The second kappa shape index (κ2) is 10.5. The molecule has 3 nitrogen and oxygen atoms in total. The Morgan fingerprint density at radius 3 is 2.33 bits per heavy atom. The monoisotopic (exact) mass is 413 g/mol. The zero-order valence-corrected chi connectivity index (χ0v) is 17.3. The number of anilines is 1. The lowest BCUT2D eigenvalue weighted by Crippen LogP contribution is -2.04. The van der Waals surface area contributed by atoms with Crippen molar-refractivity contribution < 1.29 is 13.2 Å². The number of fused-ring (bicyclic) bond motifs is 2. The summed E-state index contributed by atoms with van der Waals surface area (Å²) in [5.41, 5.74) is 1.23. The highest BCUT2D eigenvalue weighted by atomic mass is 19.4. The summed E-state index contributed by atoms with van der Waals surface area (Å²) in [6, 6.07) is 17.7. The first-order valence-corrected chi connectivity index (χ1v) is 9.76. The van der Waals surface area contributed by atoms with Gasteiger partial charge >= 0.3 is 6.18 Å². The number of nitrogens with one attached hydrogen (secondary N) is 2. The fourth-order valence-corrected chi connectivity index (χ4v) is 2.80. The van der Waals surface area contributed by atoms with Gasteiger partial charge in [-0.25, -0.2) is 4.98 Å². The number of alkyl halides is 3. The van der Waals surface area contributed by atoms with Crippen LogP contribution < -0.4 is 5.32 Å². The van der Waals surface area contributed by atoms with Crippen LogP contribution in [0.5, 0.6) is 0 Å². The maximum Gasteiger partial charge on any atom is 0.416 e. The Morgan fingerprint density at radius 2 is 1.67 bits per heavy atom. The number of hydrogen-bond acceptors (Lipinski definition) is 2. The SMILES string of the molecule is C=CC.CC.FC(F)(F)c1ccc2nc(NCc3ccc4ccccc4c3)[nH]c2c1. The molecule has 0 radical (unpaired) electrons. The Kier molecular flexibility index (Phi) is 8.04. The molecule has 0 bridgehead atoms. The first-order valence-electron chi connectivity index (χ1n) is 9.76. The number of rotatable bonds is 3. The number of nitrogens with zero attached hydrogens (tertiary/aromatic N) is 1. The van der Waals surface area contributed by atoms with Crippen LogP contribution in [0.2, 0.25) is 0 Å². The predicted molar refractivity (Wildman–Crippen MR) is 120 cm³/mol. The molecule has 2 N–H and O–H groups in total. The van der Waals surface area contributed by atoms with Crippen LogP contribution in [0.25, 0.3) is 21.8 Å². The van der Waals surface area contributed by atoms with Crippen LogP contribution in [0.1, 0.15) is 31.9 Å². The van der Waals surface area contributed by atoms with Gasteiger partial charge in [0.1, 0.15) is 0 Å². The molecular weight excluding hydrogens is 387 g/mol. The van der Waals surface area contributed by atoms with Crippen LogP contribution in [0.4, 0.5) is 19.1 Å². The van der Waals surface area contributed by atoms with Gasteiger partial charge in [0.25, 0.3) is 0 Å². The van der Waals surface area contributed by atoms with Crippen molar-refractivity contribution in [2.24, 2.45) is 0 Å². The van der Waals surface area contributed by atoms with E-state index in [-0.39, 0.29) is 0 Å². The molecule has 0 unspecified atom stereocenters. The molecule has 4 aromatic rings. The van der Waals surface area contributed by atoms with Gasteiger partial charge in [-0.15, -0.1) is 6.58 Å². The van der Waals surface area contributed by atoms with Crippen molar-refractivity contribution in [3.05, 3.63) is 84.4 Å². The molecule has 0 aliphatic rings. The van der Waals surface area contributed by atoms with Crippen molar-refractivity contribution in [1.82, 2.24) is 9.97 Å². The maximum atomic E-state index is 12.8. The van der Waals surface area contributed by atoms with Gasteiger partial charge in [-0.1, -0.05) is 56.3 Å². The number of halogens is 3. The first-order chi connectivity index (χ1) is 14.4. The molecule has 158 valence electrons. The standard InChI is InChI=1S/C19H14F3N3.C3H6.C2H6/c20-19(21,22)15-7-8-16-17(10-15)25-18(24-16)23-11-12-5-6-13-3-1-2-4-14(13)9-12;1-3-2;1-2/h1-10H,11H2,(H2,23,24,25);3H,1H2,2H3;1-2H3. The zero-order valence-electron chi connectivity index (χ0n) is 17.3. The van der Waals surface area contributed by atoms with Crippen LogP contribution in [0, 0.1) is 0 Å². The highest BCUT2D eigenvalue weighted by molar-refractivity contribution is 5.83. The van der Waals surface area contributed by atoms with Crippen LogP contribution >= 0.6 is 0 Å². The minimum Gasteiger partial charge on any atom is -0.352 e. The third-order valence-electron chi connectivity index (χ3n) is 4.08. The molecule has 30 heavy (non-hydrogen) atoms. The lowest BCUT2D eigenvalue weighted by Gasteiger charge is -2.05. The summed E-state index contributed by atoms with van der Waals surface area (Å²) in [6.45, 7) is 9.77. The fourth-order valence-electron chi connectivity index (χ4n) is 2.80. The quantitative estimate of drug-likeness (QED) is 0.340. The highest BCUT2D eigenvalue weighted by Gasteiger charge is 2.30. The van der Waals surface area contributed by atoms with Crippen molar-refractivity contribution in [1.29, 1.82) is 0 Å². The minimum atomic E-state index is -4.36. The number of benzene rings is 3. The normalized spacial score (nSPS) is 10.6. The Hall–Kier alpha value is -3.28. The molecule has 0 atom stereocenters. The van der Waals surface area contributed by atoms with E-state index in [1.165, 1.54) is 6.07 Å². The molecule has 4 rings (SSSR count). The van der Waals surface area contributed by atoms with Crippen LogP contribution in [-0.4, -0.2) is 9.97 Å². The summed E-state index contributed by atoms with van der Waals surface area (Å²) >= 11 is 0. The Morgan fingerprint density at radius 1 is 1.00 bits per heavy atom. The molecule has 1 aromatic heterocycles. The average molecular weight is 413 g/mol. The lowest BCUT2D eigenvalue weighted by atomic mass is 10.1. The van der Waals surface area contributed by atoms with E-state index >= 15 is 0 Å². The summed E-state index contributed by atoms with van der Waals surface area (Å²) in [4.78, 5) is 7.17. The van der Waals surface area contributed by atoms with Gasteiger partial charge in [-0.05, 0) is 47.5 Å². The van der Waals surface area contributed by atoms with Crippen molar-refractivity contribution in [3.8, 4) is 0 Å². The van der Waals surface area contributed by atoms with Crippen molar-refractivity contribution in [2.75, 3.05) is 5.32 Å². The number of aromatic nitrogens is 2. The second-order valence-corrected chi connectivity index (χ2v) is 6.26. The number of allylic oxidation sites excluding steroid dienone is 1. The van der Waals surface area contributed by atoms with Gasteiger partial charge in [0, 0.05) is 6.54 Å². The van der Waals surface area contributed by atoms with Crippen molar-refractivity contribution in [3.63, 3.8) is 0 Å². The summed E-state index contributed by atoms with van der Waals surface area (Å²) in [5.74, 6) is 0.447. The van der Waals surface area contributed by atoms with Gasteiger partial charge in [0.05, 0.1) is 16.6 Å². The molecule has 3 aromatic carbocycles. The zero-order chi connectivity index (χ0) is 22.1. The second-order valence-electron chi connectivity index (χ2n) is 6.26. The topological polar surface area (TPSA) is 40.7 Å². The van der Waals surface area contributed by atoms with E-state index in [9.17, 15) is 13.2 Å². The summed E-state index contributed by atoms with van der Waals surface area (Å²) in [6.07, 6.45) is -2.61. The van der Waals surface area contributed by atoms with E-state index in [0.29, 0.717) is 23.5 Å². The molecule has 0 aliphatic carbocycles. The number of hydrogen-bond donors (Lipinski definition) is 2. The Balaban J connectivity index is 0.000000590. The first kappa shape index (κ1) is 23.0. The molecule has 0 amide bonds. The van der Waals surface area contributed by atoms with Gasteiger partial charge < -0.3 is 10.3 Å². The number of imidazole rings is 1. The Labute approximate surface area is 174 Å². The third-order valence-corrected chi connectivity index (χ3v) is 4.08. The minimum absolute atomic E-state index is 0.357. The fraction of sp³-hybridized carbons (Fsp3) is 0.208. The smallest absolute Gasteiger partial charge is 0.352 e. The molecule has 1 heterocycles.